The SMILES string of the molecule is CCOC(=O)c1ccc(N2CCC(CO)C2)cc1. The first-order valence-corrected chi connectivity index (χ1v) is 6.37. The lowest BCUT2D eigenvalue weighted by Crippen LogP contribution is -2.20. The van der Waals surface area contributed by atoms with Gasteiger partial charge in [0.2, 0.25) is 0 Å². The molecule has 2 rings (SSSR count). The second-order valence-corrected chi connectivity index (χ2v) is 4.55. The standard InChI is InChI=1S/C14H19NO3/c1-2-18-14(17)12-3-5-13(6-4-12)15-8-7-11(9-15)10-16/h3-6,11,16H,2,7-10H2,1H3. The Kier molecular flexibility index (Phi) is 4.20. The van der Waals surface area contributed by atoms with E-state index in [1.807, 2.05) is 12.1 Å². The van der Waals surface area contributed by atoms with Gasteiger partial charge in [-0.05, 0) is 37.6 Å². The first-order chi connectivity index (χ1) is 8.74. The van der Waals surface area contributed by atoms with Crippen LogP contribution < -0.4 is 4.90 Å². The van der Waals surface area contributed by atoms with Gasteiger partial charge < -0.3 is 14.7 Å². The van der Waals surface area contributed by atoms with Gasteiger partial charge in [0.25, 0.3) is 0 Å². The second-order valence-electron chi connectivity index (χ2n) is 4.55. The summed E-state index contributed by atoms with van der Waals surface area (Å²) in [7, 11) is 0. The van der Waals surface area contributed by atoms with Crippen LogP contribution in [0.15, 0.2) is 24.3 Å². The number of hydrogen-bond acceptors (Lipinski definition) is 4. The van der Waals surface area contributed by atoms with E-state index < -0.39 is 0 Å². The summed E-state index contributed by atoms with van der Waals surface area (Å²) in [5.41, 5.74) is 1.68. The molecule has 1 aromatic rings. The van der Waals surface area contributed by atoms with Gasteiger partial charge in [0.15, 0.2) is 0 Å². The number of aliphatic hydroxyl groups is 1. The maximum Gasteiger partial charge on any atom is 0.338 e. The van der Waals surface area contributed by atoms with Crippen molar-refractivity contribution >= 4 is 11.7 Å². The van der Waals surface area contributed by atoms with Crippen molar-refractivity contribution in [1.82, 2.24) is 0 Å². The number of hydrogen-bond donors (Lipinski definition) is 1. The minimum atomic E-state index is -0.279. The molecule has 1 aromatic carbocycles. The van der Waals surface area contributed by atoms with E-state index in [0.29, 0.717) is 18.1 Å². The number of anilines is 1. The lowest BCUT2D eigenvalue weighted by Gasteiger charge is -2.18. The van der Waals surface area contributed by atoms with Gasteiger partial charge in [-0.1, -0.05) is 0 Å². The quantitative estimate of drug-likeness (QED) is 0.825. The Balaban J connectivity index is 2.02. The second kappa shape index (κ2) is 5.87. The molecular formula is C14H19NO3. The maximum atomic E-state index is 11.5. The number of esters is 1. The normalized spacial score (nSPS) is 19.0. The molecule has 0 spiro atoms. The van der Waals surface area contributed by atoms with Gasteiger partial charge in [0, 0.05) is 31.3 Å². The van der Waals surface area contributed by atoms with Crippen LogP contribution in [0, 0.1) is 5.92 Å². The van der Waals surface area contributed by atoms with Gasteiger partial charge in [0.05, 0.1) is 12.2 Å². The van der Waals surface area contributed by atoms with Crippen LogP contribution in [-0.4, -0.2) is 37.4 Å². The van der Waals surface area contributed by atoms with Crippen molar-refractivity contribution in [3.63, 3.8) is 0 Å². The lowest BCUT2D eigenvalue weighted by molar-refractivity contribution is 0.0526. The molecule has 1 atom stereocenters. The highest BCUT2D eigenvalue weighted by Gasteiger charge is 2.21. The molecular weight excluding hydrogens is 230 g/mol. The van der Waals surface area contributed by atoms with E-state index in [1.54, 1.807) is 19.1 Å². The van der Waals surface area contributed by atoms with Crippen molar-refractivity contribution < 1.29 is 14.6 Å². The summed E-state index contributed by atoms with van der Waals surface area (Å²) in [6, 6.07) is 7.46. The molecule has 1 aliphatic heterocycles. The van der Waals surface area contributed by atoms with Crippen molar-refractivity contribution in [2.75, 3.05) is 31.2 Å². The van der Waals surface area contributed by atoms with E-state index in [9.17, 15) is 4.79 Å². The van der Waals surface area contributed by atoms with Gasteiger partial charge in [0.1, 0.15) is 0 Å². The Morgan fingerprint density at radius 3 is 2.72 bits per heavy atom. The zero-order valence-corrected chi connectivity index (χ0v) is 10.6. The van der Waals surface area contributed by atoms with Crippen LogP contribution in [0.3, 0.4) is 0 Å². The minimum Gasteiger partial charge on any atom is -0.462 e. The van der Waals surface area contributed by atoms with E-state index >= 15 is 0 Å². The van der Waals surface area contributed by atoms with E-state index in [4.69, 9.17) is 9.84 Å². The summed E-state index contributed by atoms with van der Waals surface area (Å²) in [4.78, 5) is 13.7. The predicted molar refractivity (Wildman–Crippen MR) is 69.8 cm³/mol. The number of nitrogens with zero attached hydrogens (tertiary/aromatic N) is 1. The molecule has 1 saturated heterocycles. The third-order valence-electron chi connectivity index (χ3n) is 3.29. The molecule has 0 saturated carbocycles. The Bertz CT molecular complexity index is 402. The van der Waals surface area contributed by atoms with E-state index in [2.05, 4.69) is 4.90 Å². The van der Waals surface area contributed by atoms with Crippen LogP contribution in [-0.2, 0) is 4.74 Å². The van der Waals surface area contributed by atoms with Crippen molar-refractivity contribution in [3.8, 4) is 0 Å². The highest BCUT2D eigenvalue weighted by molar-refractivity contribution is 5.89. The molecule has 18 heavy (non-hydrogen) atoms. The van der Waals surface area contributed by atoms with Crippen LogP contribution in [0.2, 0.25) is 0 Å². The Morgan fingerprint density at radius 2 is 2.17 bits per heavy atom. The number of carbonyl (C=O) groups excluding carboxylic acids is 1. The lowest BCUT2D eigenvalue weighted by atomic mass is 10.1. The van der Waals surface area contributed by atoms with Gasteiger partial charge in [-0.3, -0.25) is 0 Å². The van der Waals surface area contributed by atoms with Gasteiger partial charge in [-0.2, -0.15) is 0 Å². The van der Waals surface area contributed by atoms with E-state index in [-0.39, 0.29) is 12.6 Å². The summed E-state index contributed by atoms with van der Waals surface area (Å²) >= 11 is 0. The summed E-state index contributed by atoms with van der Waals surface area (Å²) in [5, 5.41) is 9.12. The largest absolute Gasteiger partial charge is 0.462 e. The Labute approximate surface area is 107 Å². The Morgan fingerprint density at radius 1 is 1.44 bits per heavy atom. The van der Waals surface area contributed by atoms with Crippen LogP contribution in [0.25, 0.3) is 0 Å². The molecule has 1 N–H and O–H groups in total. The molecule has 4 heteroatoms. The average molecular weight is 249 g/mol. The van der Waals surface area contributed by atoms with Crippen molar-refractivity contribution in [1.29, 1.82) is 0 Å². The zero-order valence-electron chi connectivity index (χ0n) is 10.6. The maximum absolute atomic E-state index is 11.5. The first kappa shape index (κ1) is 12.9. The Hall–Kier alpha value is -1.55. The predicted octanol–water partition coefficient (Wildman–Crippen LogP) is 1.68. The number of carbonyl (C=O) groups is 1. The monoisotopic (exact) mass is 249 g/mol. The summed E-state index contributed by atoms with van der Waals surface area (Å²) in [6.45, 7) is 4.28. The fraction of sp³-hybridized carbons (Fsp3) is 0.500. The van der Waals surface area contributed by atoms with E-state index in [0.717, 1.165) is 25.2 Å². The van der Waals surface area contributed by atoms with Crippen LogP contribution in [0.4, 0.5) is 5.69 Å². The number of aliphatic hydroxyl groups excluding tert-OH is 1. The fourth-order valence-electron chi connectivity index (χ4n) is 2.24. The molecule has 1 fully saturated rings. The molecule has 0 aliphatic carbocycles. The highest BCUT2D eigenvalue weighted by Crippen LogP contribution is 2.23. The molecule has 1 unspecified atom stereocenters. The molecule has 4 nitrogen and oxygen atoms in total. The number of ether oxygens (including phenoxy) is 1. The summed E-state index contributed by atoms with van der Waals surface area (Å²) in [5.74, 6) is 0.0911. The zero-order chi connectivity index (χ0) is 13.0. The van der Waals surface area contributed by atoms with Crippen molar-refractivity contribution in [2.24, 2.45) is 5.92 Å². The summed E-state index contributed by atoms with van der Waals surface area (Å²) in [6.07, 6.45) is 1.02. The van der Waals surface area contributed by atoms with E-state index in [1.165, 1.54) is 0 Å². The van der Waals surface area contributed by atoms with Crippen molar-refractivity contribution in [3.05, 3.63) is 29.8 Å². The molecule has 1 aliphatic rings. The van der Waals surface area contributed by atoms with Crippen LogP contribution in [0.1, 0.15) is 23.7 Å². The van der Waals surface area contributed by atoms with Gasteiger partial charge in [-0.25, -0.2) is 4.79 Å². The van der Waals surface area contributed by atoms with Crippen LogP contribution in [0.5, 0.6) is 0 Å². The third kappa shape index (κ3) is 2.82. The smallest absolute Gasteiger partial charge is 0.338 e. The van der Waals surface area contributed by atoms with Gasteiger partial charge in [-0.15, -0.1) is 0 Å². The third-order valence-corrected chi connectivity index (χ3v) is 3.29. The van der Waals surface area contributed by atoms with Gasteiger partial charge >= 0.3 is 5.97 Å². The average Bonchev–Trinajstić information content (AvgIpc) is 2.88. The summed E-state index contributed by atoms with van der Waals surface area (Å²) < 4.78 is 4.94. The fourth-order valence-corrected chi connectivity index (χ4v) is 2.24. The minimum absolute atomic E-state index is 0.247. The topological polar surface area (TPSA) is 49.8 Å². The molecule has 0 bridgehead atoms. The molecule has 0 radical (unpaired) electrons. The number of benzene rings is 1. The van der Waals surface area contributed by atoms with Crippen molar-refractivity contribution in [2.45, 2.75) is 13.3 Å². The first-order valence-electron chi connectivity index (χ1n) is 6.37. The molecule has 0 aromatic heterocycles. The van der Waals surface area contributed by atoms with Crippen LogP contribution >= 0.6 is 0 Å². The highest BCUT2D eigenvalue weighted by atomic mass is 16.5. The molecule has 1 heterocycles. The number of rotatable bonds is 4. The molecule has 98 valence electrons. The molecule has 0 amide bonds.